The Bertz CT molecular complexity index is 441. The van der Waals surface area contributed by atoms with Crippen LogP contribution in [0.25, 0.3) is 0 Å². The van der Waals surface area contributed by atoms with Crippen molar-refractivity contribution in [1.29, 1.82) is 0 Å². The SMILES string of the molecule is CC(=O)c1c(C)[nH]c(C(=O)NCCCN)c1C.Cl. The fourth-order valence-corrected chi connectivity index (χ4v) is 1.90. The second-order valence-corrected chi connectivity index (χ2v) is 4.08. The minimum absolute atomic E-state index is 0. The van der Waals surface area contributed by atoms with Gasteiger partial charge < -0.3 is 16.0 Å². The minimum atomic E-state index is -0.188. The molecule has 0 bridgehead atoms. The Labute approximate surface area is 113 Å². The number of rotatable bonds is 5. The normalized spacial score (nSPS) is 9.78. The number of nitrogens with two attached hydrogens (primary N) is 1. The molecule has 0 saturated carbocycles. The molecular formula is C12H20ClN3O2. The Morgan fingerprint density at radius 3 is 2.39 bits per heavy atom. The van der Waals surface area contributed by atoms with Crippen molar-refractivity contribution in [2.24, 2.45) is 5.73 Å². The number of aryl methyl sites for hydroxylation is 1. The van der Waals surface area contributed by atoms with Gasteiger partial charge >= 0.3 is 0 Å². The number of hydrogen-bond donors (Lipinski definition) is 3. The van der Waals surface area contributed by atoms with E-state index in [1.54, 1.807) is 13.8 Å². The first-order chi connectivity index (χ1) is 7.99. The maximum atomic E-state index is 11.8. The van der Waals surface area contributed by atoms with E-state index in [9.17, 15) is 9.59 Å². The van der Waals surface area contributed by atoms with Crippen LogP contribution in [-0.2, 0) is 0 Å². The molecule has 1 rings (SSSR count). The van der Waals surface area contributed by atoms with Gasteiger partial charge in [0, 0.05) is 17.8 Å². The Balaban J connectivity index is 0.00000289. The van der Waals surface area contributed by atoms with E-state index < -0.39 is 0 Å². The summed E-state index contributed by atoms with van der Waals surface area (Å²) in [7, 11) is 0. The highest BCUT2D eigenvalue weighted by Gasteiger charge is 2.19. The molecule has 1 heterocycles. The summed E-state index contributed by atoms with van der Waals surface area (Å²) in [5.74, 6) is -0.219. The maximum absolute atomic E-state index is 11.8. The van der Waals surface area contributed by atoms with Crippen LogP contribution < -0.4 is 11.1 Å². The van der Waals surface area contributed by atoms with Gasteiger partial charge in [-0.05, 0) is 39.3 Å². The van der Waals surface area contributed by atoms with Crippen molar-refractivity contribution in [1.82, 2.24) is 10.3 Å². The predicted octanol–water partition coefficient (Wildman–Crippen LogP) is 1.33. The summed E-state index contributed by atoms with van der Waals surface area (Å²) in [5.41, 5.74) is 7.86. The monoisotopic (exact) mass is 273 g/mol. The lowest BCUT2D eigenvalue weighted by molar-refractivity contribution is 0.0948. The molecule has 0 saturated heterocycles. The molecule has 18 heavy (non-hydrogen) atoms. The van der Waals surface area contributed by atoms with Crippen molar-refractivity contribution in [3.05, 3.63) is 22.5 Å². The van der Waals surface area contributed by atoms with Crippen molar-refractivity contribution >= 4 is 24.1 Å². The van der Waals surface area contributed by atoms with Crippen LogP contribution in [0.3, 0.4) is 0 Å². The second kappa shape index (κ2) is 7.18. The van der Waals surface area contributed by atoms with Gasteiger partial charge in [0.2, 0.25) is 0 Å². The number of H-pyrrole nitrogens is 1. The van der Waals surface area contributed by atoms with Crippen LogP contribution in [0.15, 0.2) is 0 Å². The molecule has 0 aromatic carbocycles. The van der Waals surface area contributed by atoms with Crippen molar-refractivity contribution < 1.29 is 9.59 Å². The molecule has 102 valence electrons. The number of nitrogens with one attached hydrogen (secondary N) is 2. The van der Waals surface area contributed by atoms with E-state index in [1.807, 2.05) is 0 Å². The van der Waals surface area contributed by atoms with E-state index in [2.05, 4.69) is 10.3 Å². The summed E-state index contributed by atoms with van der Waals surface area (Å²) in [5, 5.41) is 2.76. The number of aromatic amines is 1. The van der Waals surface area contributed by atoms with Crippen LogP contribution in [-0.4, -0.2) is 29.8 Å². The van der Waals surface area contributed by atoms with E-state index in [0.29, 0.717) is 29.9 Å². The van der Waals surface area contributed by atoms with E-state index in [0.717, 1.165) is 12.1 Å². The average Bonchev–Trinajstić information content (AvgIpc) is 2.54. The van der Waals surface area contributed by atoms with Gasteiger partial charge in [-0.2, -0.15) is 0 Å². The number of ketones is 1. The summed E-state index contributed by atoms with van der Waals surface area (Å²) in [6.07, 6.45) is 0.740. The fraction of sp³-hybridized carbons (Fsp3) is 0.500. The second-order valence-electron chi connectivity index (χ2n) is 4.08. The van der Waals surface area contributed by atoms with Gasteiger partial charge in [0.05, 0.1) is 0 Å². The number of hydrogen-bond acceptors (Lipinski definition) is 3. The van der Waals surface area contributed by atoms with Crippen molar-refractivity contribution in [3.63, 3.8) is 0 Å². The number of aromatic nitrogens is 1. The quantitative estimate of drug-likeness (QED) is 0.559. The predicted molar refractivity (Wildman–Crippen MR) is 73.5 cm³/mol. The van der Waals surface area contributed by atoms with Gasteiger partial charge in [-0.1, -0.05) is 0 Å². The van der Waals surface area contributed by atoms with Crippen LogP contribution >= 0.6 is 12.4 Å². The number of Topliss-reactive ketones (excluding diaryl/α,β-unsaturated/α-hetero) is 1. The Morgan fingerprint density at radius 1 is 1.33 bits per heavy atom. The third kappa shape index (κ3) is 3.58. The Hall–Kier alpha value is -1.33. The molecule has 1 aromatic rings. The van der Waals surface area contributed by atoms with Crippen LogP contribution in [0.1, 0.15) is 45.4 Å². The van der Waals surface area contributed by atoms with Gasteiger partial charge in [-0.3, -0.25) is 9.59 Å². The van der Waals surface area contributed by atoms with Gasteiger partial charge in [0.1, 0.15) is 5.69 Å². The minimum Gasteiger partial charge on any atom is -0.354 e. The van der Waals surface area contributed by atoms with Gasteiger partial charge in [0.25, 0.3) is 5.91 Å². The molecule has 0 aliphatic carbocycles. The van der Waals surface area contributed by atoms with Crippen molar-refractivity contribution in [2.75, 3.05) is 13.1 Å². The van der Waals surface area contributed by atoms with Gasteiger partial charge in [-0.25, -0.2) is 0 Å². The zero-order chi connectivity index (χ0) is 13.0. The smallest absolute Gasteiger partial charge is 0.268 e. The highest BCUT2D eigenvalue weighted by molar-refractivity contribution is 6.02. The van der Waals surface area contributed by atoms with Gasteiger partial charge in [-0.15, -0.1) is 12.4 Å². The third-order valence-electron chi connectivity index (χ3n) is 2.68. The zero-order valence-corrected chi connectivity index (χ0v) is 11.7. The average molecular weight is 274 g/mol. The molecule has 0 aliphatic rings. The Kier molecular flexibility index (Phi) is 6.65. The van der Waals surface area contributed by atoms with Crippen molar-refractivity contribution in [2.45, 2.75) is 27.2 Å². The standard InChI is InChI=1S/C12H19N3O2.ClH/c1-7-10(9(3)16)8(2)15-11(7)12(17)14-6-4-5-13;/h15H,4-6,13H2,1-3H3,(H,14,17);1H. The summed E-state index contributed by atoms with van der Waals surface area (Å²) < 4.78 is 0. The number of carbonyl (C=O) groups is 2. The fourth-order valence-electron chi connectivity index (χ4n) is 1.90. The van der Waals surface area contributed by atoms with Crippen LogP contribution in [0, 0.1) is 13.8 Å². The lowest BCUT2D eigenvalue weighted by Crippen LogP contribution is -2.26. The van der Waals surface area contributed by atoms with Crippen molar-refractivity contribution in [3.8, 4) is 0 Å². The van der Waals surface area contributed by atoms with E-state index in [4.69, 9.17) is 5.73 Å². The van der Waals surface area contributed by atoms with Gasteiger partial charge in [0.15, 0.2) is 5.78 Å². The molecule has 0 fully saturated rings. The highest BCUT2D eigenvalue weighted by atomic mass is 35.5. The topological polar surface area (TPSA) is 88.0 Å². The molecule has 0 unspecified atom stereocenters. The summed E-state index contributed by atoms with van der Waals surface area (Å²) >= 11 is 0. The molecule has 4 N–H and O–H groups in total. The largest absolute Gasteiger partial charge is 0.354 e. The highest BCUT2D eigenvalue weighted by Crippen LogP contribution is 2.18. The summed E-state index contributed by atoms with van der Waals surface area (Å²) in [6, 6.07) is 0. The lowest BCUT2D eigenvalue weighted by atomic mass is 10.1. The zero-order valence-electron chi connectivity index (χ0n) is 10.9. The molecule has 1 amide bonds. The lowest BCUT2D eigenvalue weighted by Gasteiger charge is -2.03. The Morgan fingerprint density at radius 2 is 1.94 bits per heavy atom. The summed E-state index contributed by atoms with van der Waals surface area (Å²) in [4.78, 5) is 26.2. The van der Waals surface area contributed by atoms with E-state index in [1.165, 1.54) is 6.92 Å². The van der Waals surface area contributed by atoms with Crippen LogP contribution in [0.2, 0.25) is 0 Å². The van der Waals surface area contributed by atoms with E-state index in [-0.39, 0.29) is 24.1 Å². The molecule has 0 aliphatic heterocycles. The molecule has 0 atom stereocenters. The molecule has 1 aromatic heterocycles. The number of carbonyl (C=O) groups excluding carboxylic acids is 2. The summed E-state index contributed by atoms with van der Waals surface area (Å²) in [6.45, 7) is 6.15. The van der Waals surface area contributed by atoms with Crippen LogP contribution in [0.5, 0.6) is 0 Å². The molecule has 0 radical (unpaired) electrons. The molecule has 6 heteroatoms. The van der Waals surface area contributed by atoms with Crippen LogP contribution in [0.4, 0.5) is 0 Å². The molecule has 5 nitrogen and oxygen atoms in total. The van der Waals surface area contributed by atoms with E-state index >= 15 is 0 Å². The third-order valence-corrected chi connectivity index (χ3v) is 2.68. The first-order valence-corrected chi connectivity index (χ1v) is 5.67. The number of halogens is 1. The first kappa shape index (κ1) is 16.7. The molecular weight excluding hydrogens is 254 g/mol. The first-order valence-electron chi connectivity index (χ1n) is 5.67. The molecule has 0 spiro atoms. The maximum Gasteiger partial charge on any atom is 0.268 e. The number of amides is 1.